The van der Waals surface area contributed by atoms with Gasteiger partial charge >= 0.3 is 0 Å². The van der Waals surface area contributed by atoms with Gasteiger partial charge in [-0.3, -0.25) is 14.9 Å². The zero-order chi connectivity index (χ0) is 16.1. The van der Waals surface area contributed by atoms with E-state index in [0.717, 1.165) is 10.4 Å². The van der Waals surface area contributed by atoms with Gasteiger partial charge in [0.25, 0.3) is 11.6 Å². The maximum atomic E-state index is 12.4. The van der Waals surface area contributed by atoms with Crippen LogP contribution in [0.3, 0.4) is 0 Å². The number of carbonyl (C=O) groups is 1. The molecule has 1 heterocycles. The molecule has 1 amide bonds. The molecule has 1 aromatic heterocycles. The minimum absolute atomic E-state index is 0.0319. The van der Waals surface area contributed by atoms with E-state index in [2.05, 4.69) is 5.32 Å². The summed E-state index contributed by atoms with van der Waals surface area (Å²) in [6.45, 7) is 1.68. The molecule has 1 aromatic carbocycles. The first-order valence-electron chi connectivity index (χ1n) is 6.73. The predicted octanol–water partition coefficient (Wildman–Crippen LogP) is 2.82. The zero-order valence-corrected chi connectivity index (χ0v) is 12.8. The van der Waals surface area contributed by atoms with Crippen LogP contribution in [0.15, 0.2) is 35.7 Å². The van der Waals surface area contributed by atoms with Crippen molar-refractivity contribution >= 4 is 22.9 Å². The van der Waals surface area contributed by atoms with Crippen LogP contribution in [0.25, 0.3) is 0 Å². The molecule has 6 nitrogen and oxygen atoms in total. The molecule has 2 rings (SSSR count). The Morgan fingerprint density at radius 1 is 1.45 bits per heavy atom. The average Bonchev–Trinajstić information content (AvgIpc) is 3.00. The van der Waals surface area contributed by atoms with E-state index in [9.17, 15) is 14.9 Å². The molecule has 0 aliphatic heterocycles. The summed E-state index contributed by atoms with van der Waals surface area (Å²) in [4.78, 5) is 23.8. The Bertz CT molecular complexity index is 670. The van der Waals surface area contributed by atoms with Crippen molar-refractivity contribution < 1.29 is 14.8 Å². The van der Waals surface area contributed by atoms with Crippen LogP contribution >= 0.6 is 11.3 Å². The van der Waals surface area contributed by atoms with E-state index in [4.69, 9.17) is 5.11 Å². The lowest BCUT2D eigenvalue weighted by Gasteiger charge is -2.16. The molecule has 7 heteroatoms. The number of hydrogen-bond acceptors (Lipinski definition) is 5. The number of aryl methyl sites for hydroxylation is 1. The van der Waals surface area contributed by atoms with Gasteiger partial charge in [0, 0.05) is 17.6 Å². The number of nitro groups is 1. The summed E-state index contributed by atoms with van der Waals surface area (Å²) < 4.78 is 0. The molecule has 0 radical (unpaired) electrons. The summed E-state index contributed by atoms with van der Waals surface area (Å²) in [6.07, 6.45) is 0.353. The highest BCUT2D eigenvalue weighted by Crippen LogP contribution is 2.24. The summed E-state index contributed by atoms with van der Waals surface area (Å²) in [5.74, 6) is -0.512. The Balaban J connectivity index is 2.27. The number of nitro benzene ring substituents is 1. The number of aliphatic hydroxyl groups is 1. The lowest BCUT2D eigenvalue weighted by atomic mass is 10.1. The summed E-state index contributed by atoms with van der Waals surface area (Å²) in [5, 5.41) is 24.9. The summed E-state index contributed by atoms with van der Waals surface area (Å²) in [7, 11) is 0. The number of carbonyl (C=O) groups excluding carboxylic acids is 1. The normalized spacial score (nSPS) is 11.9. The number of hydrogen-bond donors (Lipinski definition) is 2. The molecule has 0 saturated carbocycles. The van der Waals surface area contributed by atoms with Gasteiger partial charge in [-0.25, -0.2) is 0 Å². The molecule has 0 saturated heterocycles. The van der Waals surface area contributed by atoms with Crippen molar-refractivity contribution in [2.24, 2.45) is 0 Å². The monoisotopic (exact) mass is 320 g/mol. The highest BCUT2D eigenvalue weighted by atomic mass is 32.1. The van der Waals surface area contributed by atoms with Crippen LogP contribution in [0.2, 0.25) is 0 Å². The zero-order valence-electron chi connectivity index (χ0n) is 12.0. The number of thiophene rings is 1. The van der Waals surface area contributed by atoms with Crippen LogP contribution in [-0.4, -0.2) is 22.5 Å². The van der Waals surface area contributed by atoms with Gasteiger partial charge in [-0.2, -0.15) is 0 Å². The first kappa shape index (κ1) is 16.1. The molecule has 0 spiro atoms. The molecular weight excluding hydrogens is 304 g/mol. The lowest BCUT2D eigenvalue weighted by molar-refractivity contribution is -0.385. The fourth-order valence-corrected chi connectivity index (χ4v) is 2.94. The van der Waals surface area contributed by atoms with Crippen molar-refractivity contribution in [1.29, 1.82) is 0 Å². The molecule has 1 unspecified atom stereocenters. The molecule has 1 atom stereocenters. The highest BCUT2D eigenvalue weighted by molar-refractivity contribution is 7.10. The quantitative estimate of drug-likeness (QED) is 0.632. The van der Waals surface area contributed by atoms with Crippen LogP contribution in [0.1, 0.15) is 33.3 Å². The minimum Gasteiger partial charge on any atom is -0.396 e. The molecular formula is C15H16N2O4S. The molecule has 0 fully saturated rings. The third-order valence-electron chi connectivity index (χ3n) is 3.20. The second-order valence-electron chi connectivity index (χ2n) is 4.83. The van der Waals surface area contributed by atoms with Crippen LogP contribution in [0, 0.1) is 17.0 Å². The Labute approximate surface area is 131 Å². The number of nitrogens with zero attached hydrogens (tertiary/aromatic N) is 1. The summed E-state index contributed by atoms with van der Waals surface area (Å²) in [6, 6.07) is 7.77. The van der Waals surface area contributed by atoms with Gasteiger partial charge < -0.3 is 10.4 Å². The van der Waals surface area contributed by atoms with E-state index in [1.54, 1.807) is 13.0 Å². The van der Waals surface area contributed by atoms with Crippen LogP contribution < -0.4 is 5.32 Å². The van der Waals surface area contributed by atoms with E-state index in [-0.39, 0.29) is 23.9 Å². The second kappa shape index (κ2) is 7.15. The van der Waals surface area contributed by atoms with E-state index in [1.165, 1.54) is 23.5 Å². The number of nitrogens with one attached hydrogen (secondary N) is 1. The predicted molar refractivity (Wildman–Crippen MR) is 84.1 cm³/mol. The van der Waals surface area contributed by atoms with Gasteiger partial charge in [0.05, 0.1) is 11.0 Å². The molecule has 0 aliphatic carbocycles. The van der Waals surface area contributed by atoms with Crippen molar-refractivity contribution in [3.63, 3.8) is 0 Å². The third kappa shape index (κ3) is 3.69. The SMILES string of the molecule is Cc1ccc([N+](=O)[O-])c(C(=O)NC(CCO)c2cccs2)c1. The number of benzene rings is 1. The van der Waals surface area contributed by atoms with Crippen LogP contribution in [0.5, 0.6) is 0 Å². The Morgan fingerprint density at radius 2 is 2.23 bits per heavy atom. The maximum Gasteiger partial charge on any atom is 0.282 e. The van der Waals surface area contributed by atoms with Gasteiger partial charge in [-0.05, 0) is 36.4 Å². The molecule has 0 aliphatic rings. The maximum absolute atomic E-state index is 12.4. The van der Waals surface area contributed by atoms with Gasteiger partial charge in [0.2, 0.25) is 0 Å². The van der Waals surface area contributed by atoms with Crippen molar-refractivity contribution in [2.75, 3.05) is 6.61 Å². The molecule has 0 bridgehead atoms. The summed E-state index contributed by atoms with van der Waals surface area (Å²) >= 11 is 1.46. The van der Waals surface area contributed by atoms with Crippen molar-refractivity contribution in [2.45, 2.75) is 19.4 Å². The fourth-order valence-electron chi connectivity index (χ4n) is 2.13. The largest absolute Gasteiger partial charge is 0.396 e. The van der Waals surface area contributed by atoms with Crippen molar-refractivity contribution in [1.82, 2.24) is 5.32 Å². The lowest BCUT2D eigenvalue weighted by Crippen LogP contribution is -2.29. The second-order valence-corrected chi connectivity index (χ2v) is 5.81. The van der Waals surface area contributed by atoms with E-state index >= 15 is 0 Å². The van der Waals surface area contributed by atoms with E-state index < -0.39 is 10.8 Å². The fraction of sp³-hybridized carbons (Fsp3) is 0.267. The van der Waals surface area contributed by atoms with Gasteiger partial charge in [-0.1, -0.05) is 12.1 Å². The first-order chi connectivity index (χ1) is 10.5. The standard InChI is InChI=1S/C15H16N2O4S/c1-10-4-5-13(17(20)21)11(9-10)15(19)16-12(6-7-18)14-3-2-8-22-14/h2-5,8-9,12,18H,6-7H2,1H3,(H,16,19). The van der Waals surface area contributed by atoms with Crippen LogP contribution in [0.4, 0.5) is 5.69 Å². The molecule has 2 aromatic rings. The van der Waals surface area contributed by atoms with Gasteiger partial charge in [0.15, 0.2) is 0 Å². The van der Waals surface area contributed by atoms with Crippen molar-refractivity contribution in [3.05, 3.63) is 61.8 Å². The highest BCUT2D eigenvalue weighted by Gasteiger charge is 2.23. The smallest absolute Gasteiger partial charge is 0.282 e. The third-order valence-corrected chi connectivity index (χ3v) is 4.19. The van der Waals surface area contributed by atoms with E-state index in [0.29, 0.717) is 6.42 Å². The van der Waals surface area contributed by atoms with Gasteiger partial charge in [-0.15, -0.1) is 11.3 Å². The molecule has 116 valence electrons. The Kier molecular flexibility index (Phi) is 5.24. The Hall–Kier alpha value is -2.25. The number of aliphatic hydroxyl groups excluding tert-OH is 1. The van der Waals surface area contributed by atoms with Crippen molar-refractivity contribution in [3.8, 4) is 0 Å². The number of rotatable bonds is 6. The number of amides is 1. The van der Waals surface area contributed by atoms with E-state index in [1.807, 2.05) is 17.5 Å². The topological polar surface area (TPSA) is 92.5 Å². The Morgan fingerprint density at radius 3 is 2.82 bits per heavy atom. The van der Waals surface area contributed by atoms with Gasteiger partial charge in [0.1, 0.15) is 5.56 Å². The summed E-state index contributed by atoms with van der Waals surface area (Å²) in [5.41, 5.74) is 0.576. The minimum atomic E-state index is -0.569. The molecule has 22 heavy (non-hydrogen) atoms. The average molecular weight is 320 g/mol. The van der Waals surface area contributed by atoms with Crippen LogP contribution in [-0.2, 0) is 0 Å². The first-order valence-corrected chi connectivity index (χ1v) is 7.61. The molecule has 2 N–H and O–H groups in total.